The van der Waals surface area contributed by atoms with Gasteiger partial charge in [0.05, 0.1) is 0 Å². The van der Waals surface area contributed by atoms with Crippen molar-refractivity contribution in [2.45, 2.75) is 32.9 Å². The molecule has 2 rings (SSSR count). The molecule has 0 aromatic heterocycles. The number of benzene rings is 2. The maximum atomic E-state index is 14.0. The van der Waals surface area contributed by atoms with Crippen LogP contribution in [0.2, 0.25) is 0 Å². The zero-order valence-electron chi connectivity index (χ0n) is 12.1. The van der Waals surface area contributed by atoms with E-state index >= 15 is 0 Å². The van der Waals surface area contributed by atoms with Gasteiger partial charge in [-0.15, -0.1) is 0 Å². The van der Waals surface area contributed by atoms with Crippen molar-refractivity contribution in [3.63, 3.8) is 0 Å². The summed E-state index contributed by atoms with van der Waals surface area (Å²) in [6.07, 6.45) is 0. The molecule has 106 valence electrons. The average Bonchev–Trinajstić information content (AvgIpc) is 2.40. The molecule has 2 nitrogen and oxygen atoms in total. The molecule has 20 heavy (non-hydrogen) atoms. The van der Waals surface area contributed by atoms with Crippen LogP contribution in [-0.4, -0.2) is 5.54 Å². The van der Waals surface area contributed by atoms with Crippen molar-refractivity contribution >= 4 is 0 Å². The first-order chi connectivity index (χ1) is 9.44. The van der Waals surface area contributed by atoms with Gasteiger partial charge in [-0.25, -0.2) is 4.39 Å². The minimum Gasteiger partial charge on any atom is -0.454 e. The van der Waals surface area contributed by atoms with Crippen LogP contribution >= 0.6 is 0 Å². The minimum absolute atomic E-state index is 0.00961. The summed E-state index contributed by atoms with van der Waals surface area (Å²) in [7, 11) is 0. The van der Waals surface area contributed by atoms with E-state index < -0.39 is 0 Å². The first-order valence-corrected chi connectivity index (χ1v) is 6.70. The van der Waals surface area contributed by atoms with Gasteiger partial charge in [-0.1, -0.05) is 24.3 Å². The van der Waals surface area contributed by atoms with Crippen molar-refractivity contribution < 1.29 is 9.13 Å². The molecule has 0 amide bonds. The fraction of sp³-hybridized carbons (Fsp3) is 0.294. The Morgan fingerprint density at radius 3 is 2.35 bits per heavy atom. The maximum absolute atomic E-state index is 14.0. The van der Waals surface area contributed by atoms with Crippen LogP contribution in [0.5, 0.6) is 11.5 Å². The highest BCUT2D eigenvalue weighted by atomic mass is 19.1. The predicted octanol–water partition coefficient (Wildman–Crippen LogP) is 4.51. The van der Waals surface area contributed by atoms with Crippen LogP contribution in [0.25, 0.3) is 0 Å². The predicted molar refractivity (Wildman–Crippen MR) is 79.5 cm³/mol. The van der Waals surface area contributed by atoms with Crippen LogP contribution < -0.4 is 10.1 Å². The molecule has 0 atom stereocenters. The largest absolute Gasteiger partial charge is 0.454 e. The summed E-state index contributed by atoms with van der Waals surface area (Å²) in [5.74, 6) is 0.532. The van der Waals surface area contributed by atoms with Crippen LogP contribution in [0, 0.1) is 5.82 Å². The summed E-state index contributed by atoms with van der Waals surface area (Å²) in [4.78, 5) is 0. The molecule has 0 saturated heterocycles. The third-order valence-electron chi connectivity index (χ3n) is 2.79. The highest BCUT2D eigenvalue weighted by Crippen LogP contribution is 2.25. The molecule has 3 heteroatoms. The van der Waals surface area contributed by atoms with Gasteiger partial charge >= 0.3 is 0 Å². The third-order valence-corrected chi connectivity index (χ3v) is 2.79. The molecule has 1 N–H and O–H groups in total. The molecule has 0 heterocycles. The Labute approximate surface area is 119 Å². The van der Waals surface area contributed by atoms with Crippen molar-refractivity contribution in [3.05, 3.63) is 59.9 Å². The normalized spacial score (nSPS) is 11.4. The van der Waals surface area contributed by atoms with Gasteiger partial charge in [0.15, 0.2) is 11.6 Å². The van der Waals surface area contributed by atoms with Gasteiger partial charge in [-0.05, 0) is 50.6 Å². The Bertz CT molecular complexity index is 561. The lowest BCUT2D eigenvalue weighted by molar-refractivity contribution is 0.420. The topological polar surface area (TPSA) is 21.3 Å². The Hall–Kier alpha value is -1.87. The number of hydrogen-bond donors (Lipinski definition) is 1. The summed E-state index contributed by atoms with van der Waals surface area (Å²) < 4.78 is 19.5. The van der Waals surface area contributed by atoms with E-state index in [2.05, 4.69) is 26.1 Å². The molecule has 0 aliphatic carbocycles. The SMILES string of the molecule is CC(C)(C)NCc1ccc(Oc2ccccc2)c(F)c1. The van der Waals surface area contributed by atoms with E-state index in [-0.39, 0.29) is 17.1 Å². The lowest BCUT2D eigenvalue weighted by atomic mass is 10.1. The maximum Gasteiger partial charge on any atom is 0.166 e. The fourth-order valence-electron chi connectivity index (χ4n) is 1.72. The minimum atomic E-state index is -0.345. The standard InChI is InChI=1S/C17H20FNO/c1-17(2,3)19-12-13-9-10-16(15(18)11-13)20-14-7-5-4-6-8-14/h4-11,19H,12H2,1-3H3. The van der Waals surface area contributed by atoms with E-state index in [0.717, 1.165) is 5.56 Å². The van der Waals surface area contributed by atoms with E-state index in [1.54, 1.807) is 18.2 Å². The van der Waals surface area contributed by atoms with Gasteiger partial charge in [-0.2, -0.15) is 0 Å². The molecule has 0 fully saturated rings. The van der Waals surface area contributed by atoms with Crippen LogP contribution in [-0.2, 0) is 6.54 Å². The molecular weight excluding hydrogens is 253 g/mol. The number of rotatable bonds is 4. The molecule has 2 aromatic rings. The Kier molecular flexibility index (Phi) is 4.40. The van der Waals surface area contributed by atoms with Crippen LogP contribution in [0.15, 0.2) is 48.5 Å². The first kappa shape index (κ1) is 14.5. The van der Waals surface area contributed by atoms with Crippen LogP contribution in [0.3, 0.4) is 0 Å². The van der Waals surface area contributed by atoms with Crippen LogP contribution in [0.1, 0.15) is 26.3 Å². The molecule has 0 saturated carbocycles. The van der Waals surface area contributed by atoms with Crippen molar-refractivity contribution in [2.75, 3.05) is 0 Å². The van der Waals surface area contributed by atoms with Gasteiger partial charge in [0.1, 0.15) is 5.75 Å². The number of halogens is 1. The molecule has 0 spiro atoms. The number of ether oxygens (including phenoxy) is 1. The number of hydrogen-bond acceptors (Lipinski definition) is 2. The van der Waals surface area contributed by atoms with Gasteiger partial charge in [-0.3, -0.25) is 0 Å². The first-order valence-electron chi connectivity index (χ1n) is 6.70. The van der Waals surface area contributed by atoms with Gasteiger partial charge in [0.2, 0.25) is 0 Å². The Morgan fingerprint density at radius 1 is 1.05 bits per heavy atom. The molecule has 0 radical (unpaired) electrons. The smallest absolute Gasteiger partial charge is 0.166 e. The summed E-state index contributed by atoms with van der Waals surface area (Å²) >= 11 is 0. The van der Waals surface area contributed by atoms with Crippen molar-refractivity contribution in [3.8, 4) is 11.5 Å². The lowest BCUT2D eigenvalue weighted by Gasteiger charge is -2.20. The molecule has 0 aliphatic rings. The number of nitrogens with one attached hydrogen (secondary N) is 1. The molecule has 0 aliphatic heterocycles. The second kappa shape index (κ2) is 6.06. The monoisotopic (exact) mass is 273 g/mol. The zero-order valence-corrected chi connectivity index (χ0v) is 12.1. The van der Waals surface area contributed by atoms with E-state index in [0.29, 0.717) is 12.3 Å². The fourth-order valence-corrected chi connectivity index (χ4v) is 1.72. The zero-order chi connectivity index (χ0) is 14.6. The highest BCUT2D eigenvalue weighted by Gasteiger charge is 2.10. The van der Waals surface area contributed by atoms with E-state index in [4.69, 9.17) is 4.74 Å². The van der Waals surface area contributed by atoms with E-state index in [1.165, 1.54) is 6.07 Å². The second-order valence-corrected chi connectivity index (χ2v) is 5.78. The summed E-state index contributed by atoms with van der Waals surface area (Å²) in [6, 6.07) is 14.3. The molecule has 0 bridgehead atoms. The van der Waals surface area contributed by atoms with Crippen molar-refractivity contribution in [2.24, 2.45) is 0 Å². The van der Waals surface area contributed by atoms with Crippen molar-refractivity contribution in [1.29, 1.82) is 0 Å². The lowest BCUT2D eigenvalue weighted by Crippen LogP contribution is -2.35. The van der Waals surface area contributed by atoms with Crippen LogP contribution in [0.4, 0.5) is 4.39 Å². The molecule has 0 unspecified atom stereocenters. The quantitative estimate of drug-likeness (QED) is 0.885. The Morgan fingerprint density at radius 2 is 1.75 bits per heavy atom. The molecule has 2 aromatic carbocycles. The third kappa shape index (κ3) is 4.35. The average molecular weight is 273 g/mol. The van der Waals surface area contributed by atoms with E-state index in [9.17, 15) is 4.39 Å². The number of para-hydroxylation sites is 1. The van der Waals surface area contributed by atoms with E-state index in [1.807, 2.05) is 24.3 Å². The Balaban J connectivity index is 2.06. The van der Waals surface area contributed by atoms with Crippen molar-refractivity contribution in [1.82, 2.24) is 5.32 Å². The summed E-state index contributed by atoms with van der Waals surface area (Å²) in [5.41, 5.74) is 0.910. The summed E-state index contributed by atoms with van der Waals surface area (Å²) in [6.45, 7) is 6.87. The van der Waals surface area contributed by atoms with Gasteiger partial charge in [0, 0.05) is 12.1 Å². The van der Waals surface area contributed by atoms with Gasteiger partial charge in [0.25, 0.3) is 0 Å². The molecular formula is C17H20FNO. The second-order valence-electron chi connectivity index (χ2n) is 5.78. The highest BCUT2D eigenvalue weighted by molar-refractivity contribution is 5.34. The summed E-state index contributed by atoms with van der Waals surface area (Å²) in [5, 5.41) is 3.33. The van der Waals surface area contributed by atoms with Gasteiger partial charge < -0.3 is 10.1 Å².